The van der Waals surface area contributed by atoms with Crippen molar-refractivity contribution in [2.45, 2.75) is 33.7 Å². The molecule has 0 atom stereocenters. The van der Waals surface area contributed by atoms with Gasteiger partial charge in [-0.05, 0) is 44.0 Å². The standard InChI is InChI=1S/C16H18ClN3S/c1-4-7-20-13-8-11(17)5-6-12(13)19-16(20)14-9(2)10(3)21-15(14)18/h5-6,8H,4,7,18H2,1-3H3. The summed E-state index contributed by atoms with van der Waals surface area (Å²) in [4.78, 5) is 6.05. The molecule has 0 amide bonds. The SMILES string of the molecule is CCCn1c(-c2c(N)sc(C)c2C)nc2ccc(Cl)cc21. The Labute approximate surface area is 133 Å². The van der Waals surface area contributed by atoms with Crippen LogP contribution in [-0.4, -0.2) is 9.55 Å². The molecule has 110 valence electrons. The number of aryl methyl sites for hydroxylation is 2. The van der Waals surface area contributed by atoms with Crippen molar-refractivity contribution in [3.05, 3.63) is 33.7 Å². The van der Waals surface area contributed by atoms with Crippen molar-refractivity contribution in [1.82, 2.24) is 9.55 Å². The van der Waals surface area contributed by atoms with Gasteiger partial charge in [-0.15, -0.1) is 11.3 Å². The Bertz CT molecular complexity index is 817. The maximum absolute atomic E-state index is 6.23. The number of nitrogen functional groups attached to an aromatic ring is 1. The lowest BCUT2D eigenvalue weighted by atomic mass is 10.1. The Hall–Kier alpha value is -1.52. The van der Waals surface area contributed by atoms with Crippen LogP contribution in [0.3, 0.4) is 0 Å². The molecule has 0 aliphatic carbocycles. The average molecular weight is 320 g/mol. The molecular weight excluding hydrogens is 302 g/mol. The third kappa shape index (κ3) is 2.32. The number of rotatable bonds is 3. The van der Waals surface area contributed by atoms with E-state index in [2.05, 4.69) is 25.3 Å². The van der Waals surface area contributed by atoms with Crippen LogP contribution in [0.2, 0.25) is 5.02 Å². The molecular formula is C16H18ClN3S. The summed E-state index contributed by atoms with van der Waals surface area (Å²) >= 11 is 7.78. The second-order valence-electron chi connectivity index (χ2n) is 5.24. The summed E-state index contributed by atoms with van der Waals surface area (Å²) in [5.74, 6) is 0.952. The molecule has 21 heavy (non-hydrogen) atoms. The molecule has 0 radical (unpaired) electrons. The Balaban J connectivity index is 2.33. The van der Waals surface area contributed by atoms with Gasteiger partial charge in [0.05, 0.1) is 21.6 Å². The fourth-order valence-electron chi connectivity index (χ4n) is 2.67. The van der Waals surface area contributed by atoms with E-state index in [1.54, 1.807) is 11.3 Å². The molecule has 0 aliphatic rings. The lowest BCUT2D eigenvalue weighted by Gasteiger charge is -2.08. The molecule has 0 saturated heterocycles. The Morgan fingerprint density at radius 1 is 1.33 bits per heavy atom. The minimum Gasteiger partial charge on any atom is -0.390 e. The summed E-state index contributed by atoms with van der Waals surface area (Å²) in [6.45, 7) is 7.28. The summed E-state index contributed by atoms with van der Waals surface area (Å²) in [6.07, 6.45) is 1.03. The number of aromatic nitrogens is 2. The third-order valence-electron chi connectivity index (χ3n) is 3.79. The van der Waals surface area contributed by atoms with Gasteiger partial charge in [0, 0.05) is 16.4 Å². The Morgan fingerprint density at radius 2 is 2.10 bits per heavy atom. The number of halogens is 1. The zero-order chi connectivity index (χ0) is 15.1. The molecule has 0 bridgehead atoms. The molecule has 0 fully saturated rings. The van der Waals surface area contributed by atoms with E-state index in [4.69, 9.17) is 22.3 Å². The van der Waals surface area contributed by atoms with Crippen LogP contribution in [0.4, 0.5) is 5.00 Å². The molecule has 3 nitrogen and oxygen atoms in total. The summed E-state index contributed by atoms with van der Waals surface area (Å²) < 4.78 is 2.23. The molecule has 0 unspecified atom stereocenters. The third-order valence-corrected chi connectivity index (χ3v) is 5.07. The van der Waals surface area contributed by atoms with E-state index >= 15 is 0 Å². The zero-order valence-electron chi connectivity index (χ0n) is 12.4. The van der Waals surface area contributed by atoms with Gasteiger partial charge in [-0.1, -0.05) is 18.5 Å². The van der Waals surface area contributed by atoms with E-state index < -0.39 is 0 Å². The highest BCUT2D eigenvalue weighted by Gasteiger charge is 2.19. The summed E-state index contributed by atoms with van der Waals surface area (Å²) in [5, 5.41) is 1.57. The first-order chi connectivity index (χ1) is 10.0. The lowest BCUT2D eigenvalue weighted by Crippen LogP contribution is -2.01. The number of imidazole rings is 1. The highest BCUT2D eigenvalue weighted by molar-refractivity contribution is 7.16. The Kier molecular flexibility index (Phi) is 3.68. The predicted octanol–water partition coefficient (Wildman–Crippen LogP) is 5.03. The van der Waals surface area contributed by atoms with Crippen LogP contribution < -0.4 is 5.73 Å². The monoisotopic (exact) mass is 319 g/mol. The van der Waals surface area contributed by atoms with Gasteiger partial charge in [-0.25, -0.2) is 4.98 Å². The maximum Gasteiger partial charge on any atom is 0.144 e. The van der Waals surface area contributed by atoms with Crippen molar-refractivity contribution in [1.29, 1.82) is 0 Å². The van der Waals surface area contributed by atoms with Crippen LogP contribution in [0.15, 0.2) is 18.2 Å². The smallest absolute Gasteiger partial charge is 0.144 e. The van der Waals surface area contributed by atoms with E-state index in [1.165, 1.54) is 10.4 Å². The van der Waals surface area contributed by atoms with Gasteiger partial charge < -0.3 is 10.3 Å². The average Bonchev–Trinajstić information content (AvgIpc) is 2.89. The van der Waals surface area contributed by atoms with Crippen molar-refractivity contribution < 1.29 is 0 Å². The van der Waals surface area contributed by atoms with Gasteiger partial charge in [-0.2, -0.15) is 0 Å². The number of nitrogens with two attached hydrogens (primary N) is 1. The molecule has 2 N–H and O–H groups in total. The van der Waals surface area contributed by atoms with Crippen LogP contribution in [0.1, 0.15) is 23.8 Å². The first-order valence-corrected chi connectivity index (χ1v) is 8.24. The number of benzene rings is 1. The fourth-order valence-corrected chi connectivity index (χ4v) is 3.77. The topological polar surface area (TPSA) is 43.8 Å². The second kappa shape index (κ2) is 5.35. The maximum atomic E-state index is 6.23. The number of thiophene rings is 1. The van der Waals surface area contributed by atoms with Gasteiger partial charge in [0.2, 0.25) is 0 Å². The van der Waals surface area contributed by atoms with E-state index in [9.17, 15) is 0 Å². The number of anilines is 1. The van der Waals surface area contributed by atoms with Crippen molar-refractivity contribution in [2.75, 3.05) is 5.73 Å². The number of fused-ring (bicyclic) bond motifs is 1. The molecule has 3 aromatic rings. The highest BCUT2D eigenvalue weighted by atomic mass is 35.5. The summed E-state index contributed by atoms with van der Waals surface area (Å²) in [6, 6.07) is 5.83. The lowest BCUT2D eigenvalue weighted by molar-refractivity contribution is 0.704. The number of hydrogen-bond donors (Lipinski definition) is 1. The molecule has 0 saturated carbocycles. The first kappa shape index (κ1) is 14.4. The molecule has 2 heterocycles. The van der Waals surface area contributed by atoms with Crippen molar-refractivity contribution in [3.63, 3.8) is 0 Å². The van der Waals surface area contributed by atoms with Crippen LogP contribution in [0, 0.1) is 13.8 Å². The van der Waals surface area contributed by atoms with Crippen LogP contribution in [0.5, 0.6) is 0 Å². The van der Waals surface area contributed by atoms with Crippen LogP contribution >= 0.6 is 22.9 Å². The minimum absolute atomic E-state index is 0.734. The number of nitrogens with zero attached hydrogens (tertiary/aromatic N) is 2. The second-order valence-corrected chi connectivity index (χ2v) is 6.94. The zero-order valence-corrected chi connectivity index (χ0v) is 14.0. The molecule has 0 spiro atoms. The normalized spacial score (nSPS) is 11.4. The minimum atomic E-state index is 0.734. The quantitative estimate of drug-likeness (QED) is 0.736. The number of hydrogen-bond acceptors (Lipinski definition) is 3. The van der Waals surface area contributed by atoms with E-state index in [-0.39, 0.29) is 0 Å². The van der Waals surface area contributed by atoms with Crippen LogP contribution in [0.25, 0.3) is 22.4 Å². The highest BCUT2D eigenvalue weighted by Crippen LogP contribution is 2.39. The molecule has 5 heteroatoms. The van der Waals surface area contributed by atoms with E-state index in [0.29, 0.717) is 0 Å². The van der Waals surface area contributed by atoms with Gasteiger partial charge in [0.15, 0.2) is 0 Å². The van der Waals surface area contributed by atoms with Gasteiger partial charge in [-0.3, -0.25) is 0 Å². The molecule has 2 aromatic heterocycles. The van der Waals surface area contributed by atoms with Gasteiger partial charge in [0.1, 0.15) is 5.82 Å². The molecule has 0 aliphatic heterocycles. The van der Waals surface area contributed by atoms with Crippen LogP contribution in [-0.2, 0) is 6.54 Å². The molecule has 1 aromatic carbocycles. The Morgan fingerprint density at radius 3 is 2.71 bits per heavy atom. The predicted molar refractivity (Wildman–Crippen MR) is 92.2 cm³/mol. The fraction of sp³-hybridized carbons (Fsp3) is 0.312. The molecule has 3 rings (SSSR count). The summed E-state index contributed by atoms with van der Waals surface area (Å²) in [5.41, 5.74) is 10.6. The van der Waals surface area contributed by atoms with Gasteiger partial charge >= 0.3 is 0 Å². The summed E-state index contributed by atoms with van der Waals surface area (Å²) in [7, 11) is 0. The first-order valence-electron chi connectivity index (χ1n) is 7.04. The largest absolute Gasteiger partial charge is 0.390 e. The van der Waals surface area contributed by atoms with E-state index in [1.807, 2.05) is 18.2 Å². The van der Waals surface area contributed by atoms with Crippen molar-refractivity contribution in [3.8, 4) is 11.4 Å². The van der Waals surface area contributed by atoms with Crippen molar-refractivity contribution in [2.24, 2.45) is 0 Å². The van der Waals surface area contributed by atoms with Crippen molar-refractivity contribution >= 4 is 39.0 Å². The van der Waals surface area contributed by atoms with Gasteiger partial charge in [0.25, 0.3) is 0 Å². The van der Waals surface area contributed by atoms with E-state index in [0.717, 1.165) is 45.4 Å².